The van der Waals surface area contributed by atoms with Gasteiger partial charge in [-0.05, 0) is 45.4 Å². The molecule has 0 N–H and O–H groups in total. The summed E-state index contributed by atoms with van der Waals surface area (Å²) in [6, 6.07) is 0. The van der Waals surface area contributed by atoms with Crippen LogP contribution in [0.15, 0.2) is 0 Å². The first-order valence-electron chi connectivity index (χ1n) is 3.42. The van der Waals surface area contributed by atoms with Crippen molar-refractivity contribution in [3.05, 3.63) is 0 Å². The Hall–Kier alpha value is 1.38. The van der Waals surface area contributed by atoms with Gasteiger partial charge in [-0.3, -0.25) is 0 Å². The third-order valence-electron chi connectivity index (χ3n) is 1.21. The Morgan fingerprint density at radius 1 is 0.800 bits per heavy atom. The summed E-state index contributed by atoms with van der Waals surface area (Å²) in [5, 5.41) is 0. The van der Waals surface area contributed by atoms with E-state index in [9.17, 15) is 0 Å². The minimum absolute atomic E-state index is 0. The van der Waals surface area contributed by atoms with E-state index in [4.69, 9.17) is 0 Å². The molecule has 68 valence electrons. The Morgan fingerprint density at radius 3 is 1.30 bits per heavy atom. The SMILES string of the molecule is CP(C)CCCP(C)C.[CuH]. The van der Waals surface area contributed by atoms with Gasteiger partial charge in [-0.1, -0.05) is 0 Å². The van der Waals surface area contributed by atoms with Gasteiger partial charge < -0.3 is 0 Å². The molecule has 3 heteroatoms. The zero-order valence-corrected chi connectivity index (χ0v) is 10.1. The molecule has 0 rings (SSSR count). The summed E-state index contributed by atoms with van der Waals surface area (Å²) in [6.07, 6.45) is 4.43. The van der Waals surface area contributed by atoms with Gasteiger partial charge in [0.15, 0.2) is 0 Å². The molecule has 0 atom stereocenters. The fraction of sp³-hybridized carbons (Fsp3) is 1.00. The fourth-order valence-electron chi connectivity index (χ4n) is 0.703. The van der Waals surface area contributed by atoms with Crippen LogP contribution >= 0.6 is 15.8 Å². The second-order valence-corrected chi connectivity index (χ2v) is 8.17. The van der Waals surface area contributed by atoms with Gasteiger partial charge in [0, 0.05) is 0 Å². The topological polar surface area (TPSA) is 0 Å². The standard InChI is InChI=1S/C7H18P2.Cu.H/c1-8(2)6-5-7-9(3)4;;/h5-7H2,1-4H3;;. The van der Waals surface area contributed by atoms with Crippen molar-refractivity contribution in [3.63, 3.8) is 0 Å². The Balaban J connectivity index is 0. The van der Waals surface area contributed by atoms with Gasteiger partial charge in [0.25, 0.3) is 0 Å². The van der Waals surface area contributed by atoms with Crippen LogP contribution < -0.4 is 0 Å². The molecular weight excluding hydrogens is 210 g/mol. The predicted octanol–water partition coefficient (Wildman–Crippen LogP) is 2.59. The molecule has 0 aromatic heterocycles. The van der Waals surface area contributed by atoms with E-state index in [1.54, 1.807) is 0 Å². The summed E-state index contributed by atoms with van der Waals surface area (Å²) in [7, 11) is 0.758. The van der Waals surface area contributed by atoms with Crippen LogP contribution in [-0.2, 0) is 17.1 Å². The van der Waals surface area contributed by atoms with E-state index < -0.39 is 0 Å². The third-order valence-corrected chi connectivity index (χ3v) is 3.63. The summed E-state index contributed by atoms with van der Waals surface area (Å²) in [5.41, 5.74) is 0. The molecule has 0 nitrogen and oxygen atoms in total. The molecule has 0 aromatic rings. The van der Waals surface area contributed by atoms with Crippen LogP contribution in [0.1, 0.15) is 6.42 Å². The van der Waals surface area contributed by atoms with E-state index in [0.717, 1.165) is 0 Å². The van der Waals surface area contributed by atoms with Crippen molar-refractivity contribution in [2.45, 2.75) is 6.42 Å². The Kier molecular flexibility index (Phi) is 11.8. The second-order valence-electron chi connectivity index (χ2n) is 2.96. The van der Waals surface area contributed by atoms with Crippen LogP contribution in [0, 0.1) is 0 Å². The van der Waals surface area contributed by atoms with E-state index in [1.807, 2.05) is 0 Å². The number of rotatable bonds is 4. The zero-order valence-electron chi connectivity index (χ0n) is 7.33. The maximum atomic E-state index is 2.36. The quantitative estimate of drug-likeness (QED) is 0.513. The van der Waals surface area contributed by atoms with Crippen LogP contribution in [-0.4, -0.2) is 39.0 Å². The average Bonchev–Trinajstić information content (AvgIpc) is 1.63. The van der Waals surface area contributed by atoms with Gasteiger partial charge >= 0.3 is 17.1 Å². The van der Waals surface area contributed by atoms with Gasteiger partial charge in [-0.2, -0.15) is 0 Å². The van der Waals surface area contributed by atoms with E-state index >= 15 is 0 Å². The first-order valence-corrected chi connectivity index (χ1v) is 8.26. The van der Waals surface area contributed by atoms with Crippen LogP contribution in [0.25, 0.3) is 0 Å². The van der Waals surface area contributed by atoms with E-state index in [-0.39, 0.29) is 17.1 Å². The van der Waals surface area contributed by atoms with Crippen molar-refractivity contribution >= 4 is 15.8 Å². The molecule has 0 spiro atoms. The molecule has 10 heavy (non-hydrogen) atoms. The van der Waals surface area contributed by atoms with Gasteiger partial charge in [0.2, 0.25) is 0 Å². The molecule has 1 radical (unpaired) electrons. The second kappa shape index (κ2) is 8.48. The number of hydrogen-bond acceptors (Lipinski definition) is 0. The summed E-state index contributed by atoms with van der Waals surface area (Å²) in [5.74, 6) is 0. The third kappa shape index (κ3) is 12.1. The molecule has 0 unspecified atom stereocenters. The first kappa shape index (κ1) is 13.9. The summed E-state index contributed by atoms with van der Waals surface area (Å²) in [4.78, 5) is 0. The molecular formula is C7H19CuP2. The van der Waals surface area contributed by atoms with Crippen molar-refractivity contribution in [3.8, 4) is 0 Å². The van der Waals surface area contributed by atoms with Crippen molar-refractivity contribution in [1.82, 2.24) is 0 Å². The molecule has 0 aromatic carbocycles. The molecule has 0 amide bonds. The van der Waals surface area contributed by atoms with Gasteiger partial charge in [-0.15, -0.1) is 15.8 Å². The summed E-state index contributed by atoms with van der Waals surface area (Å²) < 4.78 is 0. The summed E-state index contributed by atoms with van der Waals surface area (Å²) in [6.45, 7) is 9.46. The molecule has 0 bridgehead atoms. The molecule has 0 aliphatic carbocycles. The molecule has 0 saturated heterocycles. The predicted molar refractivity (Wildman–Crippen MR) is 53.3 cm³/mol. The minimum atomic E-state index is 0. The Labute approximate surface area is 78.5 Å². The Bertz CT molecular complexity index is 56.6. The average molecular weight is 229 g/mol. The molecule has 0 heterocycles. The maximum absolute atomic E-state index is 2.36. The van der Waals surface area contributed by atoms with E-state index in [0.29, 0.717) is 15.8 Å². The van der Waals surface area contributed by atoms with Crippen molar-refractivity contribution in [2.24, 2.45) is 0 Å². The van der Waals surface area contributed by atoms with Crippen LogP contribution in [0.5, 0.6) is 0 Å². The van der Waals surface area contributed by atoms with Gasteiger partial charge in [0.05, 0.1) is 0 Å². The molecule has 0 fully saturated rings. The summed E-state index contributed by atoms with van der Waals surface area (Å²) >= 11 is 0. The van der Waals surface area contributed by atoms with Crippen LogP contribution in [0.2, 0.25) is 0 Å². The normalized spacial score (nSPS) is 10.2. The van der Waals surface area contributed by atoms with Crippen molar-refractivity contribution < 1.29 is 17.1 Å². The number of hydrogen-bond donors (Lipinski definition) is 0. The fourth-order valence-corrected chi connectivity index (χ4v) is 2.53. The first-order chi connectivity index (χ1) is 4.13. The molecule has 0 saturated carbocycles. The van der Waals surface area contributed by atoms with Crippen molar-refractivity contribution in [2.75, 3.05) is 39.0 Å². The van der Waals surface area contributed by atoms with Crippen LogP contribution in [0.4, 0.5) is 0 Å². The Morgan fingerprint density at radius 2 is 1.10 bits per heavy atom. The van der Waals surface area contributed by atoms with E-state index in [2.05, 4.69) is 26.7 Å². The van der Waals surface area contributed by atoms with Gasteiger partial charge in [0.1, 0.15) is 0 Å². The van der Waals surface area contributed by atoms with Crippen molar-refractivity contribution in [1.29, 1.82) is 0 Å². The zero-order chi connectivity index (χ0) is 7.28. The monoisotopic (exact) mass is 228 g/mol. The van der Waals surface area contributed by atoms with Gasteiger partial charge in [-0.25, -0.2) is 0 Å². The van der Waals surface area contributed by atoms with E-state index in [1.165, 1.54) is 18.7 Å². The molecule has 0 aliphatic rings. The van der Waals surface area contributed by atoms with Crippen LogP contribution in [0.3, 0.4) is 0 Å². The molecule has 0 aliphatic heterocycles.